The Balaban J connectivity index is 3.73. The number of hydrogen-bond acceptors (Lipinski definition) is 2. The van der Waals surface area contributed by atoms with Gasteiger partial charge < -0.3 is 10.5 Å². The molecule has 0 aromatic carbocycles. The van der Waals surface area contributed by atoms with Crippen molar-refractivity contribution in [3.63, 3.8) is 0 Å². The van der Waals surface area contributed by atoms with Crippen LogP contribution in [0.25, 0.3) is 0 Å². The normalized spacial score (nSPS) is 12.7. The Morgan fingerprint density at radius 1 is 1.73 bits per heavy atom. The maximum atomic E-state index is 11.0. The molecular formula is C8H16NO2+. The van der Waals surface area contributed by atoms with Gasteiger partial charge in [-0.3, -0.25) is 0 Å². The van der Waals surface area contributed by atoms with Crippen molar-refractivity contribution in [1.29, 1.82) is 0 Å². The van der Waals surface area contributed by atoms with E-state index in [1.54, 1.807) is 6.08 Å². The molecule has 64 valence electrons. The van der Waals surface area contributed by atoms with Crippen LogP contribution in [0.2, 0.25) is 0 Å². The second-order valence-electron chi connectivity index (χ2n) is 2.77. The summed E-state index contributed by atoms with van der Waals surface area (Å²) in [5.74, 6) is -0.0211. The van der Waals surface area contributed by atoms with Crippen LogP contribution in [0.5, 0.6) is 0 Å². The Labute approximate surface area is 67.2 Å². The third-order valence-electron chi connectivity index (χ3n) is 1.45. The van der Waals surface area contributed by atoms with E-state index in [0.29, 0.717) is 0 Å². The van der Waals surface area contributed by atoms with Crippen LogP contribution in [-0.4, -0.2) is 18.6 Å². The minimum Gasteiger partial charge on any atom is -0.457 e. The van der Waals surface area contributed by atoms with Crippen LogP contribution < -0.4 is 5.73 Å². The number of esters is 1. The van der Waals surface area contributed by atoms with E-state index in [4.69, 9.17) is 4.74 Å². The molecule has 0 aromatic heterocycles. The molecule has 0 saturated carbocycles. The van der Waals surface area contributed by atoms with Gasteiger partial charge in [-0.25, -0.2) is 4.79 Å². The molecule has 0 radical (unpaired) electrons. The van der Waals surface area contributed by atoms with E-state index in [1.165, 1.54) is 0 Å². The molecule has 3 N–H and O–H groups in total. The van der Waals surface area contributed by atoms with Crippen LogP contribution in [0.1, 0.15) is 13.8 Å². The molecule has 0 fully saturated rings. The lowest BCUT2D eigenvalue weighted by Crippen LogP contribution is -2.67. The monoisotopic (exact) mass is 158 g/mol. The molecule has 3 heteroatoms. The number of quaternary nitrogens is 1. The second kappa shape index (κ2) is 4.91. The Morgan fingerprint density at radius 3 is 2.64 bits per heavy atom. The summed E-state index contributed by atoms with van der Waals surface area (Å²) in [5, 5.41) is 0. The molecule has 0 unspecified atom stereocenters. The quantitative estimate of drug-likeness (QED) is 0.462. The average molecular weight is 158 g/mol. The van der Waals surface area contributed by atoms with Crippen molar-refractivity contribution in [1.82, 2.24) is 0 Å². The highest BCUT2D eigenvalue weighted by Gasteiger charge is 2.21. The van der Waals surface area contributed by atoms with Crippen molar-refractivity contribution in [3.8, 4) is 0 Å². The topological polar surface area (TPSA) is 53.9 Å². The van der Waals surface area contributed by atoms with Crippen molar-refractivity contribution in [3.05, 3.63) is 12.7 Å². The number of rotatable bonds is 4. The minimum absolute atomic E-state index is 0.229. The fourth-order valence-corrected chi connectivity index (χ4v) is 0.520. The Hall–Kier alpha value is -0.830. The van der Waals surface area contributed by atoms with E-state index in [1.807, 2.05) is 13.8 Å². The maximum Gasteiger partial charge on any atom is 0.365 e. The van der Waals surface area contributed by atoms with Gasteiger partial charge in [0.2, 0.25) is 0 Å². The van der Waals surface area contributed by atoms with Crippen molar-refractivity contribution in [2.24, 2.45) is 5.92 Å². The third-order valence-corrected chi connectivity index (χ3v) is 1.45. The van der Waals surface area contributed by atoms with Gasteiger partial charge >= 0.3 is 5.97 Å². The lowest BCUT2D eigenvalue weighted by Gasteiger charge is -2.09. The fraction of sp³-hybridized carbons (Fsp3) is 0.625. The van der Waals surface area contributed by atoms with Crippen LogP contribution in [0.15, 0.2) is 12.7 Å². The van der Waals surface area contributed by atoms with Crippen LogP contribution in [-0.2, 0) is 9.53 Å². The first-order chi connectivity index (χ1) is 5.09. The highest BCUT2D eigenvalue weighted by Crippen LogP contribution is 1.97. The second-order valence-corrected chi connectivity index (χ2v) is 2.77. The summed E-state index contributed by atoms with van der Waals surface area (Å²) in [6.07, 6.45) is 1.55. The molecule has 0 saturated heterocycles. The maximum absolute atomic E-state index is 11.0. The van der Waals surface area contributed by atoms with E-state index in [2.05, 4.69) is 12.3 Å². The van der Waals surface area contributed by atoms with Gasteiger partial charge in [-0.05, 0) is 0 Å². The SMILES string of the molecule is C=CCOC(=O)[C@@H]([NH3+])C(C)C. The van der Waals surface area contributed by atoms with E-state index in [-0.39, 0.29) is 24.5 Å². The molecule has 0 aliphatic carbocycles. The van der Waals surface area contributed by atoms with Crippen molar-refractivity contribution in [2.45, 2.75) is 19.9 Å². The standard InChI is InChI=1S/C8H15NO2/c1-4-5-11-8(10)7(9)6(2)3/h4,6-7H,1,5,9H2,2-3H3/p+1/t7-/m0/s1. The van der Waals surface area contributed by atoms with Crippen molar-refractivity contribution < 1.29 is 15.3 Å². The molecule has 11 heavy (non-hydrogen) atoms. The summed E-state index contributed by atoms with van der Waals surface area (Å²) in [4.78, 5) is 11.0. The predicted molar refractivity (Wildman–Crippen MR) is 42.7 cm³/mol. The summed E-state index contributed by atoms with van der Waals surface area (Å²) in [6.45, 7) is 7.59. The molecule has 0 heterocycles. The molecule has 0 amide bonds. The first-order valence-electron chi connectivity index (χ1n) is 3.70. The summed E-state index contributed by atoms with van der Waals surface area (Å²) in [7, 11) is 0. The van der Waals surface area contributed by atoms with E-state index >= 15 is 0 Å². The zero-order valence-corrected chi connectivity index (χ0v) is 7.17. The third kappa shape index (κ3) is 3.78. The molecular weight excluding hydrogens is 142 g/mol. The summed E-state index contributed by atoms with van der Waals surface area (Å²) >= 11 is 0. The first kappa shape index (κ1) is 10.2. The minimum atomic E-state index is -0.269. The van der Waals surface area contributed by atoms with E-state index < -0.39 is 0 Å². The molecule has 0 aromatic rings. The van der Waals surface area contributed by atoms with Gasteiger partial charge in [0.25, 0.3) is 0 Å². The Morgan fingerprint density at radius 2 is 2.27 bits per heavy atom. The summed E-state index contributed by atoms with van der Waals surface area (Å²) in [5.41, 5.74) is 3.68. The van der Waals surface area contributed by atoms with Crippen LogP contribution in [0, 0.1) is 5.92 Å². The van der Waals surface area contributed by atoms with Crippen LogP contribution in [0.3, 0.4) is 0 Å². The molecule has 0 aliphatic heterocycles. The average Bonchev–Trinajstić information content (AvgIpc) is 1.98. The molecule has 0 bridgehead atoms. The van der Waals surface area contributed by atoms with Crippen LogP contribution >= 0.6 is 0 Å². The highest BCUT2D eigenvalue weighted by molar-refractivity contribution is 5.74. The lowest BCUT2D eigenvalue weighted by atomic mass is 10.1. The zero-order chi connectivity index (χ0) is 8.85. The first-order valence-corrected chi connectivity index (χ1v) is 3.70. The number of ether oxygens (including phenoxy) is 1. The molecule has 0 aliphatic rings. The fourth-order valence-electron chi connectivity index (χ4n) is 0.520. The van der Waals surface area contributed by atoms with Crippen LogP contribution in [0.4, 0.5) is 0 Å². The smallest absolute Gasteiger partial charge is 0.365 e. The number of hydrogen-bond donors (Lipinski definition) is 1. The van der Waals surface area contributed by atoms with Gasteiger partial charge in [0.1, 0.15) is 6.61 Å². The molecule has 0 spiro atoms. The molecule has 0 rings (SSSR count). The van der Waals surface area contributed by atoms with Gasteiger partial charge in [0.05, 0.1) is 0 Å². The lowest BCUT2D eigenvalue weighted by molar-refractivity contribution is -0.418. The highest BCUT2D eigenvalue weighted by atomic mass is 16.5. The van der Waals surface area contributed by atoms with Gasteiger partial charge in [0, 0.05) is 5.92 Å². The number of carbonyl (C=O) groups excluding carboxylic acids is 1. The van der Waals surface area contributed by atoms with Gasteiger partial charge in [-0.2, -0.15) is 0 Å². The van der Waals surface area contributed by atoms with E-state index in [0.717, 1.165) is 0 Å². The Kier molecular flexibility index (Phi) is 4.54. The van der Waals surface area contributed by atoms with E-state index in [9.17, 15) is 4.79 Å². The van der Waals surface area contributed by atoms with Crippen molar-refractivity contribution >= 4 is 5.97 Å². The van der Waals surface area contributed by atoms with Crippen molar-refractivity contribution in [2.75, 3.05) is 6.61 Å². The van der Waals surface area contributed by atoms with Gasteiger partial charge in [-0.1, -0.05) is 26.5 Å². The molecule has 3 nitrogen and oxygen atoms in total. The van der Waals surface area contributed by atoms with Gasteiger partial charge in [-0.15, -0.1) is 0 Å². The predicted octanol–water partition coefficient (Wildman–Crippen LogP) is -0.0179. The Bertz CT molecular complexity index is 143. The molecule has 1 atom stereocenters. The largest absolute Gasteiger partial charge is 0.457 e. The number of carbonyl (C=O) groups is 1. The zero-order valence-electron chi connectivity index (χ0n) is 7.17. The van der Waals surface area contributed by atoms with Gasteiger partial charge in [0.15, 0.2) is 6.04 Å². The summed E-state index contributed by atoms with van der Waals surface area (Å²) in [6, 6.07) is -0.269. The summed E-state index contributed by atoms with van der Waals surface area (Å²) < 4.78 is 4.79.